The van der Waals surface area contributed by atoms with E-state index < -0.39 is 0 Å². The van der Waals surface area contributed by atoms with Crippen LogP contribution in [0.4, 0.5) is 10.1 Å². The number of nitrogens with zero attached hydrogens (tertiary/aromatic N) is 1. The highest BCUT2D eigenvalue weighted by atomic mass is 19.1. The minimum Gasteiger partial charge on any atom is -0.384 e. The number of halogens is 1. The molecule has 0 radical (unpaired) electrons. The summed E-state index contributed by atoms with van der Waals surface area (Å²) in [6.07, 6.45) is 0. The van der Waals surface area contributed by atoms with Crippen molar-refractivity contribution in [3.63, 3.8) is 0 Å². The van der Waals surface area contributed by atoms with Crippen molar-refractivity contribution in [3.05, 3.63) is 65.5 Å². The van der Waals surface area contributed by atoms with Crippen LogP contribution in [-0.4, -0.2) is 12.4 Å². The van der Waals surface area contributed by atoms with Gasteiger partial charge in [0, 0.05) is 29.9 Å². The minimum absolute atomic E-state index is 0.120. The molecule has 20 heavy (non-hydrogen) atoms. The molecular weight excluding hydrogens is 253 g/mol. The van der Waals surface area contributed by atoms with Crippen LogP contribution in [0.25, 0.3) is 0 Å². The van der Waals surface area contributed by atoms with Gasteiger partial charge < -0.3 is 10.6 Å². The molecule has 3 N–H and O–H groups in total. The lowest BCUT2D eigenvalue weighted by Crippen LogP contribution is -2.22. The Kier molecular flexibility index (Phi) is 4.35. The van der Waals surface area contributed by atoms with Gasteiger partial charge in [-0.2, -0.15) is 0 Å². The van der Waals surface area contributed by atoms with Gasteiger partial charge in [-0.25, -0.2) is 4.39 Å². The number of anilines is 1. The van der Waals surface area contributed by atoms with Crippen molar-refractivity contribution in [2.75, 3.05) is 11.4 Å². The number of hydrogen-bond acceptors (Lipinski definition) is 2. The summed E-state index contributed by atoms with van der Waals surface area (Å²) >= 11 is 0. The second kappa shape index (κ2) is 6.19. The summed E-state index contributed by atoms with van der Waals surface area (Å²) in [5, 5.41) is 7.32. The molecule has 2 aromatic carbocycles. The summed E-state index contributed by atoms with van der Waals surface area (Å²) in [6, 6.07) is 14.6. The van der Waals surface area contributed by atoms with Crippen LogP contribution in [0.3, 0.4) is 0 Å². The fraction of sp³-hybridized carbons (Fsp3) is 0.188. The van der Waals surface area contributed by atoms with Gasteiger partial charge in [-0.15, -0.1) is 0 Å². The summed E-state index contributed by atoms with van der Waals surface area (Å²) in [6.45, 7) is 3.32. The molecule has 2 rings (SSSR count). The molecule has 0 saturated carbocycles. The lowest BCUT2D eigenvalue weighted by atomic mass is 10.1. The standard InChI is InChI=1S/C16H18FN3/c1-2-20(14-6-4-3-5-7-14)11-13-9-8-12(16(18)19)10-15(13)17/h3-10H,2,11H2,1H3,(H3,18,19). The molecule has 104 valence electrons. The van der Waals surface area contributed by atoms with E-state index in [1.165, 1.54) is 6.07 Å². The summed E-state index contributed by atoms with van der Waals surface area (Å²) in [4.78, 5) is 2.09. The van der Waals surface area contributed by atoms with Crippen LogP contribution in [0.1, 0.15) is 18.1 Å². The number of nitrogens with two attached hydrogens (primary N) is 1. The average Bonchev–Trinajstić information content (AvgIpc) is 2.46. The highest BCUT2D eigenvalue weighted by Gasteiger charge is 2.10. The molecule has 0 aliphatic heterocycles. The van der Waals surface area contributed by atoms with Crippen molar-refractivity contribution in [1.29, 1.82) is 5.41 Å². The van der Waals surface area contributed by atoms with E-state index in [0.29, 0.717) is 17.7 Å². The van der Waals surface area contributed by atoms with Gasteiger partial charge in [0.2, 0.25) is 0 Å². The molecule has 0 saturated heterocycles. The van der Waals surface area contributed by atoms with Crippen molar-refractivity contribution < 1.29 is 4.39 Å². The zero-order chi connectivity index (χ0) is 14.5. The Labute approximate surface area is 118 Å². The molecule has 0 amide bonds. The molecule has 0 fully saturated rings. The van der Waals surface area contributed by atoms with Crippen molar-refractivity contribution in [1.82, 2.24) is 0 Å². The summed E-state index contributed by atoms with van der Waals surface area (Å²) in [5.41, 5.74) is 7.43. The first kappa shape index (κ1) is 14.1. The lowest BCUT2D eigenvalue weighted by Gasteiger charge is -2.23. The second-order valence-electron chi connectivity index (χ2n) is 4.57. The molecule has 0 aliphatic carbocycles. The van der Waals surface area contributed by atoms with Crippen LogP contribution in [0, 0.1) is 11.2 Å². The van der Waals surface area contributed by atoms with Gasteiger partial charge in [0.15, 0.2) is 0 Å². The molecular formula is C16H18FN3. The fourth-order valence-corrected chi connectivity index (χ4v) is 2.07. The molecule has 0 bridgehead atoms. The Morgan fingerprint density at radius 1 is 1.20 bits per heavy atom. The van der Waals surface area contributed by atoms with E-state index in [1.54, 1.807) is 12.1 Å². The van der Waals surface area contributed by atoms with Gasteiger partial charge in [0.05, 0.1) is 0 Å². The van der Waals surface area contributed by atoms with Gasteiger partial charge in [-0.05, 0) is 25.1 Å². The van der Waals surface area contributed by atoms with E-state index in [9.17, 15) is 4.39 Å². The van der Waals surface area contributed by atoms with Crippen molar-refractivity contribution in [2.45, 2.75) is 13.5 Å². The van der Waals surface area contributed by atoms with E-state index in [2.05, 4.69) is 4.90 Å². The van der Waals surface area contributed by atoms with Crippen LogP contribution in [0.5, 0.6) is 0 Å². The minimum atomic E-state index is -0.327. The number of nitrogen functional groups attached to an aromatic ring is 1. The van der Waals surface area contributed by atoms with Crippen molar-refractivity contribution in [3.8, 4) is 0 Å². The zero-order valence-electron chi connectivity index (χ0n) is 11.4. The van der Waals surface area contributed by atoms with Gasteiger partial charge >= 0.3 is 0 Å². The highest BCUT2D eigenvalue weighted by Crippen LogP contribution is 2.18. The molecule has 2 aromatic rings. The lowest BCUT2D eigenvalue weighted by molar-refractivity contribution is 0.605. The topological polar surface area (TPSA) is 53.1 Å². The van der Waals surface area contributed by atoms with E-state index >= 15 is 0 Å². The Morgan fingerprint density at radius 3 is 2.45 bits per heavy atom. The van der Waals surface area contributed by atoms with E-state index in [1.807, 2.05) is 37.3 Å². The third kappa shape index (κ3) is 3.15. The van der Waals surface area contributed by atoms with Crippen LogP contribution < -0.4 is 10.6 Å². The quantitative estimate of drug-likeness (QED) is 0.648. The van der Waals surface area contributed by atoms with E-state index in [-0.39, 0.29) is 11.7 Å². The Bertz CT molecular complexity index is 596. The molecule has 0 spiro atoms. The fourth-order valence-electron chi connectivity index (χ4n) is 2.07. The van der Waals surface area contributed by atoms with Crippen LogP contribution in [-0.2, 0) is 6.54 Å². The summed E-state index contributed by atoms with van der Waals surface area (Å²) in [7, 11) is 0. The number of amidine groups is 1. The SMILES string of the molecule is CCN(Cc1ccc(C(=N)N)cc1F)c1ccccc1. The Hall–Kier alpha value is -2.36. The van der Waals surface area contributed by atoms with Gasteiger partial charge in [-0.1, -0.05) is 30.3 Å². The van der Waals surface area contributed by atoms with E-state index in [4.69, 9.17) is 11.1 Å². The third-order valence-electron chi connectivity index (χ3n) is 3.23. The van der Waals surface area contributed by atoms with E-state index in [0.717, 1.165) is 12.2 Å². The molecule has 0 unspecified atom stereocenters. The first-order valence-electron chi connectivity index (χ1n) is 6.54. The average molecular weight is 271 g/mol. The Balaban J connectivity index is 2.22. The third-order valence-corrected chi connectivity index (χ3v) is 3.23. The molecule has 0 aliphatic rings. The Morgan fingerprint density at radius 2 is 1.90 bits per heavy atom. The van der Waals surface area contributed by atoms with Crippen LogP contribution in [0.2, 0.25) is 0 Å². The second-order valence-corrected chi connectivity index (χ2v) is 4.57. The highest BCUT2D eigenvalue weighted by molar-refractivity contribution is 5.94. The maximum Gasteiger partial charge on any atom is 0.128 e. The van der Waals surface area contributed by atoms with Crippen molar-refractivity contribution in [2.24, 2.45) is 5.73 Å². The number of para-hydroxylation sites is 1. The summed E-state index contributed by atoms with van der Waals surface area (Å²) < 4.78 is 14.0. The first-order chi connectivity index (χ1) is 9.61. The zero-order valence-corrected chi connectivity index (χ0v) is 11.4. The number of nitrogens with one attached hydrogen (secondary N) is 1. The smallest absolute Gasteiger partial charge is 0.128 e. The molecule has 0 heterocycles. The largest absolute Gasteiger partial charge is 0.384 e. The van der Waals surface area contributed by atoms with Gasteiger partial charge in [0.25, 0.3) is 0 Å². The predicted octanol–water partition coefficient (Wildman–Crippen LogP) is 3.14. The van der Waals surface area contributed by atoms with Crippen LogP contribution in [0.15, 0.2) is 48.5 Å². The number of benzene rings is 2. The molecule has 0 atom stereocenters. The number of hydrogen-bond donors (Lipinski definition) is 2. The van der Waals surface area contributed by atoms with Gasteiger partial charge in [0.1, 0.15) is 11.7 Å². The predicted molar refractivity (Wildman–Crippen MR) is 80.6 cm³/mol. The number of rotatable bonds is 5. The molecule has 0 aromatic heterocycles. The monoisotopic (exact) mass is 271 g/mol. The molecule has 3 nitrogen and oxygen atoms in total. The normalized spacial score (nSPS) is 10.3. The maximum absolute atomic E-state index is 14.0. The maximum atomic E-state index is 14.0. The van der Waals surface area contributed by atoms with Crippen molar-refractivity contribution >= 4 is 11.5 Å². The molecule has 4 heteroatoms. The van der Waals surface area contributed by atoms with Crippen LogP contribution >= 0.6 is 0 Å². The summed E-state index contributed by atoms with van der Waals surface area (Å²) in [5.74, 6) is -0.446. The first-order valence-corrected chi connectivity index (χ1v) is 6.54. The van der Waals surface area contributed by atoms with Gasteiger partial charge in [-0.3, -0.25) is 5.41 Å².